The number of aldehydes is 1. The lowest BCUT2D eigenvalue weighted by molar-refractivity contribution is 0.111. The normalized spacial score (nSPS) is 9.96. The molecule has 7 heteroatoms. The Labute approximate surface area is 162 Å². The largest absolute Gasteiger partial charge is 0.298 e. The highest BCUT2D eigenvalue weighted by Gasteiger charge is 2.17. The SMILES string of the molecule is CNSC.Cc1sc(N(Cc2ccccc2)c2ccccn2)nc1C=O. The Morgan fingerprint density at radius 3 is 2.42 bits per heavy atom. The quantitative estimate of drug-likeness (QED) is 0.498. The molecule has 0 saturated carbocycles. The maximum absolute atomic E-state index is 11.1. The van der Waals surface area contributed by atoms with Crippen LogP contribution in [-0.4, -0.2) is 29.6 Å². The summed E-state index contributed by atoms with van der Waals surface area (Å²) in [6.45, 7) is 2.56. The highest BCUT2D eigenvalue weighted by atomic mass is 32.2. The van der Waals surface area contributed by atoms with E-state index in [0.29, 0.717) is 12.2 Å². The Hall–Kier alpha value is -2.22. The van der Waals surface area contributed by atoms with Crippen molar-refractivity contribution in [2.24, 2.45) is 0 Å². The van der Waals surface area contributed by atoms with Crippen LogP contribution in [0.1, 0.15) is 20.9 Å². The Morgan fingerprint density at radius 2 is 1.88 bits per heavy atom. The first kappa shape index (κ1) is 20.1. The van der Waals surface area contributed by atoms with Gasteiger partial charge in [-0.3, -0.25) is 14.4 Å². The van der Waals surface area contributed by atoms with Gasteiger partial charge in [-0.2, -0.15) is 0 Å². The van der Waals surface area contributed by atoms with Gasteiger partial charge in [0.2, 0.25) is 0 Å². The molecule has 1 N–H and O–H groups in total. The minimum Gasteiger partial charge on any atom is -0.298 e. The predicted molar refractivity (Wildman–Crippen MR) is 111 cm³/mol. The van der Waals surface area contributed by atoms with Gasteiger partial charge in [-0.15, -0.1) is 11.3 Å². The van der Waals surface area contributed by atoms with Gasteiger partial charge in [0.05, 0.1) is 6.54 Å². The minimum absolute atomic E-state index is 0.494. The number of aromatic nitrogens is 2. The van der Waals surface area contributed by atoms with Crippen molar-refractivity contribution in [3.05, 3.63) is 70.9 Å². The predicted octanol–water partition coefficient (Wildman–Crippen LogP) is 4.48. The molecule has 5 nitrogen and oxygen atoms in total. The second-order valence-corrected chi connectivity index (χ2v) is 7.22. The van der Waals surface area contributed by atoms with E-state index in [1.807, 2.05) is 61.5 Å². The molecule has 0 aliphatic rings. The third kappa shape index (κ3) is 5.66. The van der Waals surface area contributed by atoms with E-state index < -0.39 is 0 Å². The number of benzene rings is 1. The third-order valence-electron chi connectivity index (χ3n) is 3.48. The molecule has 3 aromatic rings. The number of carbonyl (C=O) groups excluding carboxylic acids is 1. The van der Waals surface area contributed by atoms with Gasteiger partial charge in [-0.25, -0.2) is 9.97 Å². The van der Waals surface area contributed by atoms with Gasteiger partial charge >= 0.3 is 0 Å². The number of carbonyl (C=O) groups is 1. The minimum atomic E-state index is 0.494. The van der Waals surface area contributed by atoms with Crippen molar-refractivity contribution in [2.75, 3.05) is 18.2 Å². The Kier molecular flexibility index (Phi) is 8.27. The van der Waals surface area contributed by atoms with Crippen LogP contribution in [0.2, 0.25) is 0 Å². The average molecular weight is 387 g/mol. The van der Waals surface area contributed by atoms with E-state index in [2.05, 4.69) is 26.8 Å². The topological polar surface area (TPSA) is 58.1 Å². The Bertz CT molecular complexity index is 792. The van der Waals surface area contributed by atoms with E-state index in [1.54, 1.807) is 18.1 Å². The summed E-state index contributed by atoms with van der Waals surface area (Å²) in [5, 5.41) is 0.780. The molecule has 0 saturated heterocycles. The van der Waals surface area contributed by atoms with Gasteiger partial charge < -0.3 is 0 Å². The van der Waals surface area contributed by atoms with E-state index in [1.165, 1.54) is 11.3 Å². The van der Waals surface area contributed by atoms with E-state index in [4.69, 9.17) is 0 Å². The summed E-state index contributed by atoms with van der Waals surface area (Å²) in [5.41, 5.74) is 1.66. The van der Waals surface area contributed by atoms with Crippen molar-refractivity contribution in [1.29, 1.82) is 0 Å². The fourth-order valence-electron chi connectivity index (χ4n) is 2.14. The standard InChI is InChI=1S/C17H15N3OS.C2H7NS/c1-13-15(12-21)19-17(22-13)20(16-9-5-6-10-18-16)11-14-7-3-2-4-8-14;1-3-4-2/h2-10,12H,11H2,1H3;3H,1-2H3. The number of rotatable bonds is 6. The zero-order valence-electron chi connectivity index (χ0n) is 15.0. The highest BCUT2D eigenvalue weighted by molar-refractivity contribution is 7.96. The van der Waals surface area contributed by atoms with Crippen LogP contribution in [0, 0.1) is 6.92 Å². The molecule has 0 fully saturated rings. The zero-order chi connectivity index (χ0) is 18.8. The molecular weight excluding hydrogens is 364 g/mol. The van der Waals surface area contributed by atoms with Crippen molar-refractivity contribution in [3.8, 4) is 0 Å². The van der Waals surface area contributed by atoms with Crippen LogP contribution in [-0.2, 0) is 6.54 Å². The van der Waals surface area contributed by atoms with Crippen LogP contribution in [0.15, 0.2) is 54.7 Å². The van der Waals surface area contributed by atoms with Gasteiger partial charge in [0.1, 0.15) is 11.5 Å². The number of nitrogens with one attached hydrogen (secondary N) is 1. The summed E-state index contributed by atoms with van der Waals surface area (Å²) in [7, 11) is 1.89. The summed E-state index contributed by atoms with van der Waals surface area (Å²) >= 11 is 3.11. The van der Waals surface area contributed by atoms with Crippen molar-refractivity contribution < 1.29 is 4.79 Å². The number of aryl methyl sites for hydroxylation is 1. The Morgan fingerprint density at radius 1 is 1.19 bits per heavy atom. The van der Waals surface area contributed by atoms with Crippen molar-refractivity contribution >= 4 is 40.5 Å². The number of anilines is 2. The summed E-state index contributed by atoms with van der Waals surface area (Å²) in [6, 6.07) is 15.9. The summed E-state index contributed by atoms with van der Waals surface area (Å²) in [4.78, 5) is 22.9. The molecule has 2 aromatic heterocycles. The number of hydrogen-bond donors (Lipinski definition) is 1. The van der Waals surface area contributed by atoms with Crippen LogP contribution in [0.3, 0.4) is 0 Å². The fourth-order valence-corrected chi connectivity index (χ4v) is 3.03. The van der Waals surface area contributed by atoms with Crippen LogP contribution in [0.4, 0.5) is 10.9 Å². The van der Waals surface area contributed by atoms with Crippen molar-refractivity contribution in [3.63, 3.8) is 0 Å². The van der Waals surface area contributed by atoms with E-state index in [-0.39, 0.29) is 0 Å². The fraction of sp³-hybridized carbons (Fsp3) is 0.211. The third-order valence-corrected chi connectivity index (χ3v) is 4.90. The van der Waals surface area contributed by atoms with Crippen LogP contribution < -0.4 is 9.62 Å². The van der Waals surface area contributed by atoms with Crippen LogP contribution >= 0.6 is 23.3 Å². The first-order valence-electron chi connectivity index (χ1n) is 8.04. The molecule has 0 radical (unpaired) electrons. The maximum atomic E-state index is 11.1. The van der Waals surface area contributed by atoms with E-state index in [9.17, 15) is 4.79 Å². The van der Waals surface area contributed by atoms with Gasteiger partial charge in [0.25, 0.3) is 0 Å². The van der Waals surface area contributed by atoms with Gasteiger partial charge in [0.15, 0.2) is 11.4 Å². The molecule has 136 valence electrons. The molecular formula is C19H22N4OS2. The lowest BCUT2D eigenvalue weighted by atomic mass is 10.2. The molecule has 3 rings (SSSR count). The van der Waals surface area contributed by atoms with Crippen molar-refractivity contribution in [1.82, 2.24) is 14.7 Å². The van der Waals surface area contributed by atoms with Gasteiger partial charge in [0, 0.05) is 11.1 Å². The summed E-state index contributed by atoms with van der Waals surface area (Å²) in [6.07, 6.45) is 4.54. The number of pyridine rings is 1. The second kappa shape index (κ2) is 10.7. The number of hydrogen-bond acceptors (Lipinski definition) is 7. The van der Waals surface area contributed by atoms with Gasteiger partial charge in [-0.05, 0) is 37.9 Å². The number of nitrogens with zero attached hydrogens (tertiary/aromatic N) is 3. The average Bonchev–Trinajstić information content (AvgIpc) is 3.08. The summed E-state index contributed by atoms with van der Waals surface area (Å²) in [5.74, 6) is 0.817. The molecule has 26 heavy (non-hydrogen) atoms. The van der Waals surface area contributed by atoms with E-state index >= 15 is 0 Å². The van der Waals surface area contributed by atoms with E-state index in [0.717, 1.165) is 27.7 Å². The second-order valence-electron chi connectivity index (χ2n) is 5.22. The molecule has 0 amide bonds. The van der Waals surface area contributed by atoms with Gasteiger partial charge in [-0.1, -0.05) is 48.3 Å². The smallest absolute Gasteiger partial charge is 0.192 e. The maximum Gasteiger partial charge on any atom is 0.192 e. The molecule has 0 aliphatic heterocycles. The van der Waals surface area contributed by atoms with Crippen LogP contribution in [0.5, 0.6) is 0 Å². The zero-order valence-corrected chi connectivity index (χ0v) is 16.7. The molecule has 2 heterocycles. The number of thiazole rings is 1. The first-order chi connectivity index (χ1) is 12.7. The lowest BCUT2D eigenvalue weighted by Crippen LogP contribution is -2.17. The van der Waals surface area contributed by atoms with Crippen molar-refractivity contribution in [2.45, 2.75) is 13.5 Å². The lowest BCUT2D eigenvalue weighted by Gasteiger charge is -2.20. The summed E-state index contributed by atoms with van der Waals surface area (Å²) < 4.78 is 2.85. The molecule has 1 aromatic carbocycles. The van der Waals surface area contributed by atoms with Crippen LogP contribution in [0.25, 0.3) is 0 Å². The molecule has 0 spiro atoms. The Balaban J connectivity index is 0.000000552. The molecule has 0 bridgehead atoms. The molecule has 0 aliphatic carbocycles. The first-order valence-corrected chi connectivity index (χ1v) is 10.1. The molecule has 0 atom stereocenters. The monoisotopic (exact) mass is 386 g/mol. The highest BCUT2D eigenvalue weighted by Crippen LogP contribution is 2.31. The molecule has 0 unspecified atom stereocenters.